The Hall–Kier alpha value is -3.87. The van der Waals surface area contributed by atoms with Crippen LogP contribution in [0.1, 0.15) is 16.1 Å². The molecule has 2 aromatic carbocycles. The number of aromatic nitrogens is 2. The molecular formula is C22H19N3O4. The highest BCUT2D eigenvalue weighted by Crippen LogP contribution is 2.29. The molecular weight excluding hydrogens is 370 g/mol. The van der Waals surface area contributed by atoms with E-state index < -0.39 is 0 Å². The van der Waals surface area contributed by atoms with Crippen LogP contribution in [0.15, 0.2) is 59.1 Å². The average molecular weight is 389 g/mol. The third-order valence-electron chi connectivity index (χ3n) is 4.54. The van der Waals surface area contributed by atoms with Crippen LogP contribution < -0.4 is 14.8 Å². The Kier molecular flexibility index (Phi) is 4.87. The zero-order valence-electron chi connectivity index (χ0n) is 16.2. The Morgan fingerprint density at radius 3 is 2.34 bits per heavy atom. The number of methoxy groups -OCH3 is 2. The van der Waals surface area contributed by atoms with Gasteiger partial charge in [-0.05, 0) is 13.0 Å². The molecule has 1 amide bonds. The maximum absolute atomic E-state index is 13.2. The Bertz CT molecular complexity index is 1160. The molecule has 0 aliphatic carbocycles. The van der Waals surface area contributed by atoms with Crippen LogP contribution in [0.5, 0.6) is 11.5 Å². The smallest absolute Gasteiger partial charge is 0.259 e. The molecule has 4 aromatic rings. The molecule has 29 heavy (non-hydrogen) atoms. The van der Waals surface area contributed by atoms with Crippen molar-refractivity contribution in [2.45, 2.75) is 6.92 Å². The van der Waals surface area contributed by atoms with Crippen molar-refractivity contribution in [2.75, 3.05) is 19.5 Å². The summed E-state index contributed by atoms with van der Waals surface area (Å²) in [7, 11) is 3.11. The van der Waals surface area contributed by atoms with Gasteiger partial charge in [0, 0.05) is 29.4 Å². The van der Waals surface area contributed by atoms with Crippen LogP contribution in [0.25, 0.3) is 22.4 Å². The number of ether oxygens (including phenoxy) is 2. The fraction of sp³-hybridized carbons (Fsp3) is 0.136. The van der Waals surface area contributed by atoms with Crippen molar-refractivity contribution in [3.63, 3.8) is 0 Å². The van der Waals surface area contributed by atoms with Gasteiger partial charge in [-0.3, -0.25) is 4.79 Å². The molecule has 0 radical (unpaired) electrons. The Balaban J connectivity index is 1.78. The van der Waals surface area contributed by atoms with Crippen molar-refractivity contribution < 1.29 is 18.8 Å². The number of anilines is 1. The highest BCUT2D eigenvalue weighted by molar-refractivity contribution is 6.13. The number of nitrogens with one attached hydrogen (secondary N) is 1. The second-order valence-electron chi connectivity index (χ2n) is 6.42. The number of pyridine rings is 1. The molecule has 0 aliphatic heterocycles. The first-order valence-electron chi connectivity index (χ1n) is 8.96. The number of rotatable bonds is 5. The molecule has 0 atom stereocenters. The molecule has 0 aliphatic rings. The van der Waals surface area contributed by atoms with Gasteiger partial charge in [0.05, 0.1) is 36.6 Å². The van der Waals surface area contributed by atoms with Crippen molar-refractivity contribution >= 4 is 22.7 Å². The summed E-state index contributed by atoms with van der Waals surface area (Å²) in [4.78, 5) is 17.7. The van der Waals surface area contributed by atoms with Gasteiger partial charge in [-0.25, -0.2) is 4.98 Å². The molecule has 0 fully saturated rings. The minimum atomic E-state index is -0.309. The number of aryl methyl sites for hydroxylation is 1. The summed E-state index contributed by atoms with van der Waals surface area (Å²) in [6, 6.07) is 16.5. The van der Waals surface area contributed by atoms with Gasteiger partial charge in [-0.2, -0.15) is 0 Å². The van der Waals surface area contributed by atoms with Gasteiger partial charge in [0.2, 0.25) is 0 Å². The number of carbonyl (C=O) groups excluding carboxylic acids is 1. The van der Waals surface area contributed by atoms with Crippen LogP contribution in [0, 0.1) is 6.92 Å². The largest absolute Gasteiger partial charge is 0.497 e. The first-order valence-corrected chi connectivity index (χ1v) is 8.96. The lowest BCUT2D eigenvalue weighted by atomic mass is 10.0. The van der Waals surface area contributed by atoms with Gasteiger partial charge < -0.3 is 19.3 Å². The minimum Gasteiger partial charge on any atom is -0.497 e. The van der Waals surface area contributed by atoms with Crippen LogP contribution in [0.4, 0.5) is 5.69 Å². The van der Waals surface area contributed by atoms with Crippen LogP contribution >= 0.6 is 0 Å². The monoisotopic (exact) mass is 389 g/mol. The minimum absolute atomic E-state index is 0.309. The van der Waals surface area contributed by atoms with Crippen LogP contribution in [0.2, 0.25) is 0 Å². The summed E-state index contributed by atoms with van der Waals surface area (Å²) >= 11 is 0. The molecule has 2 heterocycles. The quantitative estimate of drug-likeness (QED) is 0.542. The molecule has 4 rings (SSSR count). The fourth-order valence-electron chi connectivity index (χ4n) is 3.11. The standard InChI is InChI=1S/C22H19N3O4/c1-13-20-18(21(26)23-15-9-16(27-2)11-17(10-15)28-3)12-19(24-22(20)29-25-13)14-7-5-4-6-8-14/h4-12H,1-3H3,(H,23,26). The first-order chi connectivity index (χ1) is 14.1. The molecule has 2 aromatic heterocycles. The van der Waals surface area contributed by atoms with Crippen LogP contribution in [-0.2, 0) is 0 Å². The summed E-state index contributed by atoms with van der Waals surface area (Å²) in [5.74, 6) is 0.840. The summed E-state index contributed by atoms with van der Waals surface area (Å²) in [5.41, 5.74) is 3.39. The van der Waals surface area contributed by atoms with Crippen LogP contribution in [-0.4, -0.2) is 30.3 Å². The number of benzene rings is 2. The maximum atomic E-state index is 13.2. The molecule has 0 bridgehead atoms. The summed E-state index contributed by atoms with van der Waals surface area (Å²) < 4.78 is 15.9. The molecule has 0 saturated carbocycles. The topological polar surface area (TPSA) is 86.5 Å². The third kappa shape index (κ3) is 3.62. The fourth-order valence-corrected chi connectivity index (χ4v) is 3.11. The summed E-state index contributed by atoms with van der Waals surface area (Å²) in [6.07, 6.45) is 0. The highest BCUT2D eigenvalue weighted by atomic mass is 16.5. The molecule has 0 saturated heterocycles. The van der Waals surface area contributed by atoms with Gasteiger partial charge in [-0.1, -0.05) is 35.5 Å². The molecule has 7 heteroatoms. The van der Waals surface area contributed by atoms with Gasteiger partial charge in [0.1, 0.15) is 11.5 Å². The molecule has 0 unspecified atom stereocenters. The lowest BCUT2D eigenvalue weighted by Crippen LogP contribution is -2.13. The number of amides is 1. The van der Waals surface area contributed by atoms with Gasteiger partial charge >= 0.3 is 0 Å². The number of nitrogens with zero attached hydrogens (tertiary/aromatic N) is 2. The van der Waals surface area contributed by atoms with E-state index in [2.05, 4.69) is 15.5 Å². The van der Waals surface area contributed by atoms with Crippen molar-refractivity contribution in [3.8, 4) is 22.8 Å². The second kappa shape index (κ2) is 7.63. The summed E-state index contributed by atoms with van der Waals surface area (Å²) in [5, 5.41) is 7.46. The second-order valence-corrected chi connectivity index (χ2v) is 6.42. The van der Waals surface area contributed by atoms with Gasteiger partial charge in [-0.15, -0.1) is 0 Å². The predicted octanol–water partition coefficient (Wildman–Crippen LogP) is 4.47. The van der Waals surface area contributed by atoms with E-state index in [9.17, 15) is 4.79 Å². The number of fused-ring (bicyclic) bond motifs is 1. The van der Waals surface area contributed by atoms with E-state index in [1.807, 2.05) is 30.3 Å². The Morgan fingerprint density at radius 2 is 1.69 bits per heavy atom. The van der Waals surface area contributed by atoms with Crippen molar-refractivity contribution in [1.29, 1.82) is 0 Å². The number of hydrogen-bond donors (Lipinski definition) is 1. The first kappa shape index (κ1) is 18.5. The van der Waals surface area contributed by atoms with Gasteiger partial charge in [0.25, 0.3) is 11.6 Å². The van der Waals surface area contributed by atoms with E-state index in [4.69, 9.17) is 14.0 Å². The molecule has 7 nitrogen and oxygen atoms in total. The SMILES string of the molecule is COc1cc(NC(=O)c2cc(-c3ccccc3)nc3onc(C)c23)cc(OC)c1. The van der Waals surface area contributed by atoms with E-state index >= 15 is 0 Å². The maximum Gasteiger partial charge on any atom is 0.259 e. The lowest BCUT2D eigenvalue weighted by Gasteiger charge is -2.11. The van der Waals surface area contributed by atoms with Crippen molar-refractivity contribution in [3.05, 3.63) is 65.9 Å². The van der Waals surface area contributed by atoms with E-state index in [-0.39, 0.29) is 5.91 Å². The van der Waals surface area contributed by atoms with E-state index in [1.165, 1.54) is 0 Å². The predicted molar refractivity (Wildman–Crippen MR) is 109 cm³/mol. The molecule has 146 valence electrons. The zero-order valence-corrected chi connectivity index (χ0v) is 16.2. The molecule has 0 spiro atoms. The average Bonchev–Trinajstić information content (AvgIpc) is 3.14. The third-order valence-corrected chi connectivity index (χ3v) is 4.54. The highest BCUT2D eigenvalue weighted by Gasteiger charge is 2.20. The van der Waals surface area contributed by atoms with Gasteiger partial charge in [0.15, 0.2) is 0 Å². The number of carbonyl (C=O) groups is 1. The van der Waals surface area contributed by atoms with Crippen molar-refractivity contribution in [1.82, 2.24) is 10.1 Å². The van der Waals surface area contributed by atoms with Crippen LogP contribution in [0.3, 0.4) is 0 Å². The van der Waals surface area contributed by atoms with E-state index in [0.717, 1.165) is 5.56 Å². The van der Waals surface area contributed by atoms with E-state index in [1.54, 1.807) is 45.4 Å². The Morgan fingerprint density at radius 1 is 1.00 bits per heavy atom. The summed E-state index contributed by atoms with van der Waals surface area (Å²) in [6.45, 7) is 1.78. The zero-order chi connectivity index (χ0) is 20.4. The molecule has 1 N–H and O–H groups in total. The Labute approximate surface area is 167 Å². The van der Waals surface area contributed by atoms with E-state index in [0.29, 0.717) is 45.2 Å². The van der Waals surface area contributed by atoms with Crippen molar-refractivity contribution in [2.24, 2.45) is 0 Å². The lowest BCUT2D eigenvalue weighted by molar-refractivity contribution is 0.102. The number of hydrogen-bond acceptors (Lipinski definition) is 6. The normalized spacial score (nSPS) is 10.7.